The van der Waals surface area contributed by atoms with Crippen molar-refractivity contribution in [1.29, 1.82) is 0 Å². The van der Waals surface area contributed by atoms with Gasteiger partial charge in [0.05, 0.1) is 11.9 Å². The molecule has 0 aliphatic rings. The zero-order chi connectivity index (χ0) is 25.3. The predicted molar refractivity (Wildman–Crippen MR) is 137 cm³/mol. The molecule has 0 saturated heterocycles. The molecule has 2 aromatic rings. The van der Waals surface area contributed by atoms with Gasteiger partial charge in [-0.3, -0.25) is 13.9 Å². The van der Waals surface area contributed by atoms with Crippen molar-refractivity contribution in [3.63, 3.8) is 0 Å². The topological polar surface area (TPSA) is 86.8 Å². The van der Waals surface area contributed by atoms with Gasteiger partial charge in [0.1, 0.15) is 6.04 Å². The van der Waals surface area contributed by atoms with Crippen molar-refractivity contribution >= 4 is 27.5 Å². The minimum Gasteiger partial charge on any atom is -0.354 e. The Kier molecular flexibility index (Phi) is 10.1. The molecule has 186 valence electrons. The third-order valence-corrected chi connectivity index (χ3v) is 6.88. The van der Waals surface area contributed by atoms with E-state index in [0.717, 1.165) is 23.1 Å². The average Bonchev–Trinajstić information content (AvgIpc) is 2.79. The number of aryl methyl sites for hydroxylation is 2. The Morgan fingerprint density at radius 1 is 1.06 bits per heavy atom. The average molecular weight is 488 g/mol. The Bertz CT molecular complexity index is 1070. The van der Waals surface area contributed by atoms with Gasteiger partial charge in [-0.2, -0.15) is 0 Å². The van der Waals surface area contributed by atoms with Crippen LogP contribution in [0.15, 0.2) is 48.5 Å². The second-order valence-electron chi connectivity index (χ2n) is 8.70. The summed E-state index contributed by atoms with van der Waals surface area (Å²) in [6.45, 7) is 8.54. The lowest BCUT2D eigenvalue weighted by atomic mass is 10.1. The van der Waals surface area contributed by atoms with E-state index in [2.05, 4.69) is 5.32 Å². The SMILES string of the molecule is CCCNC(=O)C(C)N(Cc1ccccc1)C(=O)CCCN(c1cc(C)ccc1C)S(C)(=O)=O. The van der Waals surface area contributed by atoms with E-state index < -0.39 is 16.1 Å². The maximum Gasteiger partial charge on any atom is 0.242 e. The molecule has 0 fully saturated rings. The summed E-state index contributed by atoms with van der Waals surface area (Å²) in [5.41, 5.74) is 3.38. The second-order valence-corrected chi connectivity index (χ2v) is 10.6. The zero-order valence-electron chi connectivity index (χ0n) is 20.9. The fourth-order valence-corrected chi connectivity index (χ4v) is 4.74. The quantitative estimate of drug-likeness (QED) is 0.493. The summed E-state index contributed by atoms with van der Waals surface area (Å²) in [6, 6.07) is 14.6. The van der Waals surface area contributed by atoms with Crippen LogP contribution in [0.25, 0.3) is 0 Å². The Balaban J connectivity index is 2.16. The highest BCUT2D eigenvalue weighted by molar-refractivity contribution is 7.92. The summed E-state index contributed by atoms with van der Waals surface area (Å²) in [5.74, 6) is -0.378. The summed E-state index contributed by atoms with van der Waals surface area (Å²) in [7, 11) is -3.52. The molecule has 0 spiro atoms. The van der Waals surface area contributed by atoms with Crippen molar-refractivity contribution in [3.8, 4) is 0 Å². The van der Waals surface area contributed by atoms with Crippen LogP contribution in [0, 0.1) is 13.8 Å². The second kappa shape index (κ2) is 12.6. The highest BCUT2D eigenvalue weighted by Gasteiger charge is 2.26. The van der Waals surface area contributed by atoms with Gasteiger partial charge in [-0.05, 0) is 56.4 Å². The largest absolute Gasteiger partial charge is 0.354 e. The number of rotatable bonds is 12. The number of hydrogen-bond acceptors (Lipinski definition) is 4. The summed E-state index contributed by atoms with van der Waals surface area (Å²) in [6.07, 6.45) is 2.46. The highest BCUT2D eigenvalue weighted by atomic mass is 32.2. The van der Waals surface area contributed by atoms with Crippen LogP contribution in [0.1, 0.15) is 49.8 Å². The Morgan fingerprint density at radius 2 is 1.74 bits per heavy atom. The molecule has 2 rings (SSSR count). The van der Waals surface area contributed by atoms with Crippen molar-refractivity contribution in [2.45, 2.75) is 59.5 Å². The van der Waals surface area contributed by atoms with Crippen LogP contribution in [-0.2, 0) is 26.2 Å². The van der Waals surface area contributed by atoms with Crippen molar-refractivity contribution in [1.82, 2.24) is 10.2 Å². The first-order chi connectivity index (χ1) is 16.0. The van der Waals surface area contributed by atoms with Crippen molar-refractivity contribution in [2.24, 2.45) is 0 Å². The maximum absolute atomic E-state index is 13.2. The molecule has 2 amide bonds. The third kappa shape index (κ3) is 7.87. The molecule has 0 saturated carbocycles. The van der Waals surface area contributed by atoms with Gasteiger partial charge in [-0.1, -0.05) is 49.4 Å². The fourth-order valence-electron chi connectivity index (χ4n) is 3.73. The monoisotopic (exact) mass is 487 g/mol. The third-order valence-electron chi connectivity index (χ3n) is 5.70. The lowest BCUT2D eigenvalue weighted by Gasteiger charge is -2.29. The van der Waals surface area contributed by atoms with E-state index in [0.29, 0.717) is 25.2 Å². The summed E-state index contributed by atoms with van der Waals surface area (Å²) in [5, 5.41) is 2.86. The van der Waals surface area contributed by atoms with Crippen molar-refractivity contribution in [2.75, 3.05) is 23.7 Å². The number of hydrogen-bond donors (Lipinski definition) is 1. The van der Waals surface area contributed by atoms with Crippen LogP contribution in [0.2, 0.25) is 0 Å². The van der Waals surface area contributed by atoms with Gasteiger partial charge in [0.2, 0.25) is 21.8 Å². The van der Waals surface area contributed by atoms with Gasteiger partial charge in [0.15, 0.2) is 0 Å². The van der Waals surface area contributed by atoms with E-state index in [1.807, 2.05) is 69.3 Å². The molecule has 0 aliphatic heterocycles. The lowest BCUT2D eigenvalue weighted by molar-refractivity contribution is -0.140. The van der Waals surface area contributed by atoms with Gasteiger partial charge >= 0.3 is 0 Å². The molecule has 1 N–H and O–H groups in total. The number of carbonyl (C=O) groups excluding carboxylic acids is 2. The normalized spacial score (nSPS) is 12.1. The highest BCUT2D eigenvalue weighted by Crippen LogP contribution is 2.24. The van der Waals surface area contributed by atoms with Crippen LogP contribution >= 0.6 is 0 Å². The predicted octanol–water partition coefficient (Wildman–Crippen LogP) is 3.79. The summed E-state index contributed by atoms with van der Waals surface area (Å²) in [4.78, 5) is 27.4. The van der Waals surface area contributed by atoms with Crippen molar-refractivity contribution in [3.05, 3.63) is 65.2 Å². The number of anilines is 1. The number of carbonyl (C=O) groups is 2. The van der Waals surface area contributed by atoms with E-state index >= 15 is 0 Å². The van der Waals surface area contributed by atoms with Gasteiger partial charge in [-0.15, -0.1) is 0 Å². The maximum atomic E-state index is 13.2. The lowest BCUT2D eigenvalue weighted by Crippen LogP contribution is -2.47. The van der Waals surface area contributed by atoms with Gasteiger partial charge < -0.3 is 10.2 Å². The Morgan fingerprint density at radius 3 is 2.35 bits per heavy atom. The van der Waals surface area contributed by atoms with E-state index in [1.54, 1.807) is 11.8 Å². The number of nitrogens with one attached hydrogen (secondary N) is 1. The molecule has 0 heterocycles. The molecule has 8 heteroatoms. The molecular weight excluding hydrogens is 450 g/mol. The molecule has 7 nitrogen and oxygen atoms in total. The summed E-state index contributed by atoms with van der Waals surface area (Å²) < 4.78 is 26.4. The van der Waals surface area contributed by atoms with Gasteiger partial charge in [0.25, 0.3) is 0 Å². The standard InChI is InChI=1S/C26H37N3O4S/c1-6-16-27-26(31)22(4)28(19-23-11-8-7-9-12-23)25(30)13-10-17-29(34(5,32)33)24-18-20(2)14-15-21(24)3/h7-9,11-12,14-15,18,22H,6,10,13,16-17,19H2,1-5H3,(H,27,31). The first kappa shape index (κ1) is 27.4. The van der Waals surface area contributed by atoms with Gasteiger partial charge in [-0.25, -0.2) is 8.42 Å². The van der Waals surface area contributed by atoms with Crippen LogP contribution in [-0.4, -0.2) is 50.5 Å². The van der Waals surface area contributed by atoms with Crippen LogP contribution in [0.5, 0.6) is 0 Å². The molecule has 34 heavy (non-hydrogen) atoms. The molecule has 1 atom stereocenters. The number of benzene rings is 2. The van der Waals surface area contributed by atoms with Crippen LogP contribution in [0.4, 0.5) is 5.69 Å². The number of nitrogens with zero attached hydrogens (tertiary/aromatic N) is 2. The van der Waals surface area contributed by atoms with Crippen LogP contribution in [0.3, 0.4) is 0 Å². The minimum atomic E-state index is -3.52. The number of sulfonamides is 1. The van der Waals surface area contributed by atoms with E-state index in [4.69, 9.17) is 0 Å². The smallest absolute Gasteiger partial charge is 0.242 e. The summed E-state index contributed by atoms with van der Waals surface area (Å²) >= 11 is 0. The van der Waals surface area contributed by atoms with E-state index in [9.17, 15) is 18.0 Å². The molecule has 0 aromatic heterocycles. The van der Waals surface area contributed by atoms with Crippen LogP contribution < -0.4 is 9.62 Å². The van der Waals surface area contributed by atoms with E-state index in [-0.39, 0.29) is 24.8 Å². The fraction of sp³-hybridized carbons (Fsp3) is 0.462. The van der Waals surface area contributed by atoms with Crippen molar-refractivity contribution < 1.29 is 18.0 Å². The first-order valence-corrected chi connectivity index (χ1v) is 13.6. The number of amides is 2. The first-order valence-electron chi connectivity index (χ1n) is 11.7. The minimum absolute atomic E-state index is 0.134. The Labute approximate surface area is 204 Å². The molecule has 0 bridgehead atoms. The van der Waals surface area contributed by atoms with Gasteiger partial charge in [0, 0.05) is 26.1 Å². The zero-order valence-corrected chi connectivity index (χ0v) is 21.7. The molecular formula is C26H37N3O4S. The molecule has 2 aromatic carbocycles. The molecule has 0 radical (unpaired) electrons. The molecule has 0 aliphatic carbocycles. The molecule has 1 unspecified atom stereocenters. The Hall–Kier alpha value is -2.87. The van der Waals surface area contributed by atoms with E-state index in [1.165, 1.54) is 10.6 Å².